The number of hydrogen-bond donors (Lipinski definition) is 0. The van der Waals surface area contributed by atoms with Crippen molar-refractivity contribution in [2.75, 3.05) is 13.1 Å². The maximum Gasteiger partial charge on any atom is 0.410 e. The zero-order chi connectivity index (χ0) is 17.3. The molecule has 126 valence electrons. The molecule has 1 amide bonds. The summed E-state index contributed by atoms with van der Waals surface area (Å²) in [5, 5.41) is 1.19. The van der Waals surface area contributed by atoms with Crippen LogP contribution in [0.3, 0.4) is 0 Å². The van der Waals surface area contributed by atoms with Gasteiger partial charge >= 0.3 is 6.09 Å². The van der Waals surface area contributed by atoms with Crippen molar-refractivity contribution in [3.63, 3.8) is 0 Å². The highest BCUT2D eigenvalue weighted by molar-refractivity contribution is 6.28. The Morgan fingerprint density at radius 1 is 1.33 bits per heavy atom. The molecule has 0 bridgehead atoms. The SMILES string of the molecule is CC(C)(C)OC(=O)N1CC=C(c2cccc3cnc(Cl)nc23)CC1. The maximum absolute atomic E-state index is 12.2. The van der Waals surface area contributed by atoms with Gasteiger partial charge in [0.25, 0.3) is 0 Å². The third kappa shape index (κ3) is 3.67. The van der Waals surface area contributed by atoms with Crippen LogP contribution in [0.2, 0.25) is 5.28 Å². The van der Waals surface area contributed by atoms with Crippen molar-refractivity contribution in [2.24, 2.45) is 0 Å². The van der Waals surface area contributed by atoms with E-state index in [4.69, 9.17) is 16.3 Å². The molecule has 0 radical (unpaired) electrons. The second-order valence-electron chi connectivity index (χ2n) is 6.79. The summed E-state index contributed by atoms with van der Waals surface area (Å²) in [6, 6.07) is 5.97. The quantitative estimate of drug-likeness (QED) is 0.723. The van der Waals surface area contributed by atoms with Gasteiger partial charge in [0.05, 0.1) is 5.52 Å². The average molecular weight is 346 g/mol. The van der Waals surface area contributed by atoms with Crippen molar-refractivity contribution in [2.45, 2.75) is 32.8 Å². The Morgan fingerprint density at radius 2 is 2.12 bits per heavy atom. The number of fused-ring (bicyclic) bond motifs is 1. The van der Waals surface area contributed by atoms with E-state index in [9.17, 15) is 4.79 Å². The van der Waals surface area contributed by atoms with Gasteiger partial charge in [-0.1, -0.05) is 24.3 Å². The minimum Gasteiger partial charge on any atom is -0.444 e. The summed E-state index contributed by atoms with van der Waals surface area (Å²) in [6.07, 6.45) is 4.25. The Hall–Kier alpha value is -2.14. The Bertz CT molecular complexity index is 812. The van der Waals surface area contributed by atoms with E-state index in [0.29, 0.717) is 13.1 Å². The van der Waals surface area contributed by atoms with Crippen LogP contribution in [0.4, 0.5) is 4.79 Å². The van der Waals surface area contributed by atoms with Gasteiger partial charge in [0.2, 0.25) is 5.28 Å². The lowest BCUT2D eigenvalue weighted by atomic mass is 9.97. The summed E-state index contributed by atoms with van der Waals surface area (Å²) in [5.74, 6) is 0. The van der Waals surface area contributed by atoms with Crippen molar-refractivity contribution in [3.05, 3.63) is 41.3 Å². The zero-order valence-corrected chi connectivity index (χ0v) is 14.8. The van der Waals surface area contributed by atoms with Crippen LogP contribution in [0.5, 0.6) is 0 Å². The highest BCUT2D eigenvalue weighted by Crippen LogP contribution is 2.28. The van der Waals surface area contributed by atoms with E-state index in [1.54, 1.807) is 11.1 Å². The Labute approximate surface area is 146 Å². The Morgan fingerprint density at radius 3 is 2.79 bits per heavy atom. The van der Waals surface area contributed by atoms with Crippen LogP contribution >= 0.6 is 11.6 Å². The summed E-state index contributed by atoms with van der Waals surface area (Å²) >= 11 is 5.94. The van der Waals surface area contributed by atoms with Crippen molar-refractivity contribution in [3.8, 4) is 0 Å². The zero-order valence-electron chi connectivity index (χ0n) is 14.0. The number of aromatic nitrogens is 2. The molecule has 0 saturated carbocycles. The van der Waals surface area contributed by atoms with Gasteiger partial charge in [0, 0.05) is 30.2 Å². The molecule has 24 heavy (non-hydrogen) atoms. The van der Waals surface area contributed by atoms with Crippen LogP contribution < -0.4 is 0 Å². The second kappa shape index (κ2) is 6.40. The number of ether oxygens (including phenoxy) is 1. The van der Waals surface area contributed by atoms with Crippen molar-refractivity contribution < 1.29 is 9.53 Å². The van der Waals surface area contributed by atoms with E-state index < -0.39 is 5.60 Å². The standard InChI is InChI=1S/C18H20ClN3O2/c1-18(2,3)24-17(23)22-9-7-12(8-10-22)14-6-4-5-13-11-20-16(19)21-15(13)14/h4-7,11H,8-10H2,1-3H3. The molecule has 1 aromatic carbocycles. The maximum atomic E-state index is 12.2. The highest BCUT2D eigenvalue weighted by Gasteiger charge is 2.24. The number of benzene rings is 1. The van der Waals surface area contributed by atoms with Crippen LogP contribution in [0.25, 0.3) is 16.5 Å². The fourth-order valence-corrected chi connectivity index (χ4v) is 2.83. The van der Waals surface area contributed by atoms with Crippen LogP contribution in [-0.4, -0.2) is 39.7 Å². The first kappa shape index (κ1) is 16.7. The van der Waals surface area contributed by atoms with E-state index in [1.165, 1.54) is 0 Å². The summed E-state index contributed by atoms with van der Waals surface area (Å²) in [7, 11) is 0. The van der Waals surface area contributed by atoms with Gasteiger partial charge in [-0.15, -0.1) is 0 Å². The number of para-hydroxylation sites is 1. The smallest absolute Gasteiger partial charge is 0.410 e. The molecular weight excluding hydrogens is 326 g/mol. The number of amides is 1. The Balaban J connectivity index is 1.83. The van der Waals surface area contributed by atoms with Crippen LogP contribution in [-0.2, 0) is 4.74 Å². The molecule has 0 saturated heterocycles. The van der Waals surface area contributed by atoms with Gasteiger partial charge < -0.3 is 9.64 Å². The molecule has 6 heteroatoms. The van der Waals surface area contributed by atoms with Crippen LogP contribution in [0, 0.1) is 0 Å². The summed E-state index contributed by atoms with van der Waals surface area (Å²) in [4.78, 5) is 22.3. The number of hydrogen-bond acceptors (Lipinski definition) is 4. The van der Waals surface area contributed by atoms with Gasteiger partial charge in [-0.2, -0.15) is 0 Å². The number of rotatable bonds is 1. The van der Waals surface area contributed by atoms with E-state index in [-0.39, 0.29) is 11.4 Å². The summed E-state index contributed by atoms with van der Waals surface area (Å²) < 4.78 is 5.42. The molecule has 0 spiro atoms. The lowest BCUT2D eigenvalue weighted by Crippen LogP contribution is -2.39. The first-order valence-corrected chi connectivity index (χ1v) is 8.30. The Kier molecular flexibility index (Phi) is 4.45. The fourth-order valence-electron chi connectivity index (χ4n) is 2.70. The second-order valence-corrected chi connectivity index (χ2v) is 7.13. The molecule has 0 N–H and O–H groups in total. The third-order valence-electron chi connectivity index (χ3n) is 3.79. The van der Waals surface area contributed by atoms with Crippen molar-refractivity contribution in [1.82, 2.24) is 14.9 Å². The van der Waals surface area contributed by atoms with E-state index >= 15 is 0 Å². The number of carbonyl (C=O) groups is 1. The van der Waals surface area contributed by atoms with E-state index in [2.05, 4.69) is 16.0 Å². The fraction of sp³-hybridized carbons (Fsp3) is 0.389. The minimum absolute atomic E-state index is 0.238. The molecular formula is C18H20ClN3O2. The molecule has 5 nitrogen and oxygen atoms in total. The normalized spacial score (nSPS) is 15.3. The molecule has 3 rings (SSSR count). The van der Waals surface area contributed by atoms with Crippen molar-refractivity contribution >= 4 is 34.2 Å². The molecule has 0 unspecified atom stereocenters. The predicted octanol–water partition coefficient (Wildman–Crippen LogP) is 4.31. The molecule has 0 fully saturated rings. The first-order chi connectivity index (χ1) is 11.3. The minimum atomic E-state index is -0.482. The molecule has 1 aliphatic rings. The van der Waals surface area contributed by atoms with Gasteiger partial charge in [0.15, 0.2) is 0 Å². The molecule has 1 aromatic heterocycles. The van der Waals surface area contributed by atoms with E-state index in [0.717, 1.165) is 28.5 Å². The molecule has 1 aliphatic heterocycles. The summed E-state index contributed by atoms with van der Waals surface area (Å²) in [5.41, 5.74) is 2.56. The topological polar surface area (TPSA) is 55.3 Å². The lowest BCUT2D eigenvalue weighted by Gasteiger charge is -2.29. The van der Waals surface area contributed by atoms with Gasteiger partial charge in [-0.3, -0.25) is 0 Å². The largest absolute Gasteiger partial charge is 0.444 e. The average Bonchev–Trinajstić information content (AvgIpc) is 2.53. The molecule has 2 heterocycles. The lowest BCUT2D eigenvalue weighted by molar-refractivity contribution is 0.0270. The van der Waals surface area contributed by atoms with Crippen LogP contribution in [0.15, 0.2) is 30.5 Å². The number of halogens is 1. The number of carbonyl (C=O) groups excluding carboxylic acids is 1. The van der Waals surface area contributed by atoms with Gasteiger partial charge in [-0.05, 0) is 44.4 Å². The van der Waals surface area contributed by atoms with Gasteiger partial charge in [0.1, 0.15) is 5.60 Å². The van der Waals surface area contributed by atoms with E-state index in [1.807, 2.05) is 39.0 Å². The predicted molar refractivity (Wildman–Crippen MR) is 94.9 cm³/mol. The number of nitrogens with zero attached hydrogens (tertiary/aromatic N) is 3. The highest BCUT2D eigenvalue weighted by atomic mass is 35.5. The van der Waals surface area contributed by atoms with Crippen LogP contribution in [0.1, 0.15) is 32.8 Å². The summed E-state index contributed by atoms with van der Waals surface area (Å²) in [6.45, 7) is 6.76. The van der Waals surface area contributed by atoms with Crippen molar-refractivity contribution in [1.29, 1.82) is 0 Å². The third-order valence-corrected chi connectivity index (χ3v) is 3.97. The monoisotopic (exact) mass is 345 g/mol. The molecule has 2 aromatic rings. The molecule has 0 atom stereocenters. The first-order valence-electron chi connectivity index (χ1n) is 7.92. The van der Waals surface area contributed by atoms with Gasteiger partial charge in [-0.25, -0.2) is 14.8 Å². The molecule has 0 aliphatic carbocycles.